The van der Waals surface area contributed by atoms with E-state index in [1.54, 1.807) is 0 Å². The van der Waals surface area contributed by atoms with Gasteiger partial charge in [-0.15, -0.1) is 0 Å². The molecule has 5 nitrogen and oxygen atoms in total. The zero-order valence-electron chi connectivity index (χ0n) is 17.6. The van der Waals surface area contributed by atoms with Crippen LogP contribution in [0.4, 0.5) is 5.95 Å². The van der Waals surface area contributed by atoms with Crippen molar-refractivity contribution in [1.82, 2.24) is 14.9 Å². The highest BCUT2D eigenvalue weighted by Crippen LogP contribution is 2.28. The van der Waals surface area contributed by atoms with Crippen molar-refractivity contribution in [3.8, 4) is 0 Å². The molecule has 5 heteroatoms. The third kappa shape index (κ3) is 4.00. The topological polar surface area (TPSA) is 50.2 Å². The second-order valence-electron chi connectivity index (χ2n) is 8.15. The van der Waals surface area contributed by atoms with Crippen molar-refractivity contribution in [3.63, 3.8) is 0 Å². The fourth-order valence-electron chi connectivity index (χ4n) is 4.15. The van der Waals surface area contributed by atoms with Gasteiger partial charge in [0.05, 0.1) is 11.0 Å². The van der Waals surface area contributed by atoms with Crippen molar-refractivity contribution in [1.29, 1.82) is 0 Å². The summed E-state index contributed by atoms with van der Waals surface area (Å²) >= 11 is 0. The van der Waals surface area contributed by atoms with Gasteiger partial charge in [0, 0.05) is 30.7 Å². The van der Waals surface area contributed by atoms with E-state index in [0.717, 1.165) is 49.4 Å². The molecule has 29 heavy (non-hydrogen) atoms. The Balaban J connectivity index is 1.42. The fourth-order valence-corrected chi connectivity index (χ4v) is 4.15. The molecule has 3 aromatic rings. The zero-order chi connectivity index (χ0) is 20.4. The van der Waals surface area contributed by atoms with Crippen LogP contribution in [-0.4, -0.2) is 34.6 Å². The number of carbonyl (C=O) groups is 1. The van der Waals surface area contributed by atoms with E-state index in [4.69, 9.17) is 4.98 Å². The van der Waals surface area contributed by atoms with Crippen molar-refractivity contribution in [3.05, 3.63) is 59.7 Å². The quantitative estimate of drug-likeness (QED) is 0.694. The highest BCUT2D eigenvalue weighted by atomic mass is 16.1. The van der Waals surface area contributed by atoms with Crippen LogP contribution in [0.3, 0.4) is 0 Å². The van der Waals surface area contributed by atoms with Crippen LogP contribution in [0.5, 0.6) is 0 Å². The Kier molecular flexibility index (Phi) is 5.56. The van der Waals surface area contributed by atoms with Crippen LogP contribution >= 0.6 is 0 Å². The maximum atomic E-state index is 12.6. The van der Waals surface area contributed by atoms with Gasteiger partial charge in [0.25, 0.3) is 5.91 Å². The molecule has 0 unspecified atom stereocenters. The highest BCUT2D eigenvalue weighted by Gasteiger charge is 2.25. The number of anilines is 1. The molecule has 0 radical (unpaired) electrons. The molecule has 1 saturated heterocycles. The minimum atomic E-state index is 0.0283. The van der Waals surface area contributed by atoms with Gasteiger partial charge in [0.15, 0.2) is 0 Å². The fraction of sp³-hybridized carbons (Fsp3) is 0.417. The standard InChI is InChI=1S/C24H30N4O/c1-4-18-9-11-19(12-10-18)23(29)25-20-13-15-27(16-14-20)24-26-21-7-5-6-8-22(21)28(24)17(2)3/h5-12,17,20H,4,13-16H2,1-3H3,(H,25,29). The lowest BCUT2D eigenvalue weighted by Gasteiger charge is -2.34. The molecule has 2 heterocycles. The summed E-state index contributed by atoms with van der Waals surface area (Å²) in [6, 6.07) is 16.8. The molecular formula is C24H30N4O. The molecule has 0 aliphatic carbocycles. The third-order valence-electron chi connectivity index (χ3n) is 5.83. The number of fused-ring (bicyclic) bond motifs is 1. The van der Waals surface area contributed by atoms with Gasteiger partial charge < -0.3 is 14.8 Å². The van der Waals surface area contributed by atoms with E-state index >= 15 is 0 Å². The van der Waals surface area contributed by atoms with E-state index < -0.39 is 0 Å². The molecule has 1 amide bonds. The summed E-state index contributed by atoms with van der Waals surface area (Å²) in [6.07, 6.45) is 2.85. The monoisotopic (exact) mass is 390 g/mol. The number of rotatable bonds is 5. The minimum absolute atomic E-state index is 0.0283. The maximum absolute atomic E-state index is 12.6. The molecule has 0 bridgehead atoms. The molecule has 1 aromatic heterocycles. The number of aryl methyl sites for hydroxylation is 1. The Morgan fingerprint density at radius 2 is 1.79 bits per heavy atom. The minimum Gasteiger partial charge on any atom is -0.349 e. The van der Waals surface area contributed by atoms with Crippen molar-refractivity contribution in [2.24, 2.45) is 0 Å². The molecule has 2 aromatic carbocycles. The summed E-state index contributed by atoms with van der Waals surface area (Å²) in [6.45, 7) is 8.32. The van der Waals surface area contributed by atoms with E-state index in [9.17, 15) is 4.79 Å². The van der Waals surface area contributed by atoms with Gasteiger partial charge in [-0.3, -0.25) is 4.79 Å². The largest absolute Gasteiger partial charge is 0.349 e. The first kappa shape index (κ1) is 19.5. The SMILES string of the molecule is CCc1ccc(C(=O)NC2CCN(c3nc4ccccc4n3C(C)C)CC2)cc1. The van der Waals surface area contributed by atoms with Gasteiger partial charge in [-0.1, -0.05) is 31.2 Å². The molecule has 1 aliphatic heterocycles. The number of aromatic nitrogens is 2. The molecule has 1 N–H and O–H groups in total. The van der Waals surface area contributed by atoms with Crippen LogP contribution in [0.25, 0.3) is 11.0 Å². The van der Waals surface area contributed by atoms with Crippen LogP contribution in [0.1, 0.15) is 55.6 Å². The van der Waals surface area contributed by atoms with E-state index in [2.05, 4.69) is 53.8 Å². The Morgan fingerprint density at radius 3 is 2.45 bits per heavy atom. The number of imidazole rings is 1. The van der Waals surface area contributed by atoms with Crippen molar-refractivity contribution in [2.75, 3.05) is 18.0 Å². The number of nitrogens with zero attached hydrogens (tertiary/aromatic N) is 3. The van der Waals surface area contributed by atoms with Gasteiger partial charge in [-0.2, -0.15) is 0 Å². The highest BCUT2D eigenvalue weighted by molar-refractivity contribution is 5.94. The first-order chi connectivity index (χ1) is 14.1. The van der Waals surface area contributed by atoms with Crippen LogP contribution in [0, 0.1) is 0 Å². The molecule has 1 fully saturated rings. The smallest absolute Gasteiger partial charge is 0.251 e. The Morgan fingerprint density at radius 1 is 1.10 bits per heavy atom. The number of benzene rings is 2. The first-order valence-corrected chi connectivity index (χ1v) is 10.7. The molecule has 0 spiro atoms. The summed E-state index contributed by atoms with van der Waals surface area (Å²) in [7, 11) is 0. The number of hydrogen-bond acceptors (Lipinski definition) is 3. The van der Waals surface area contributed by atoms with Crippen molar-refractivity contribution < 1.29 is 4.79 Å². The van der Waals surface area contributed by atoms with Gasteiger partial charge in [0.2, 0.25) is 5.95 Å². The van der Waals surface area contributed by atoms with Gasteiger partial charge in [-0.05, 0) is 62.9 Å². The Bertz CT molecular complexity index is 982. The summed E-state index contributed by atoms with van der Waals surface area (Å²) in [5.74, 6) is 1.07. The number of carbonyl (C=O) groups excluding carboxylic acids is 1. The molecule has 0 atom stereocenters. The van der Waals surface area contributed by atoms with E-state index in [-0.39, 0.29) is 11.9 Å². The molecule has 4 rings (SSSR count). The Labute approximate surface area is 172 Å². The third-order valence-corrected chi connectivity index (χ3v) is 5.83. The number of para-hydroxylation sites is 2. The summed E-state index contributed by atoms with van der Waals surface area (Å²) in [5.41, 5.74) is 4.22. The van der Waals surface area contributed by atoms with Gasteiger partial charge >= 0.3 is 0 Å². The average Bonchev–Trinajstić information content (AvgIpc) is 3.14. The molecule has 0 saturated carbocycles. The normalized spacial score (nSPS) is 15.2. The maximum Gasteiger partial charge on any atom is 0.251 e. The number of hydrogen-bond donors (Lipinski definition) is 1. The predicted octanol–water partition coefficient (Wildman–Crippen LogP) is 4.58. The molecular weight excluding hydrogens is 360 g/mol. The van der Waals surface area contributed by atoms with Crippen molar-refractivity contribution in [2.45, 2.75) is 52.1 Å². The molecule has 1 aliphatic rings. The van der Waals surface area contributed by atoms with Crippen molar-refractivity contribution >= 4 is 22.9 Å². The second-order valence-corrected chi connectivity index (χ2v) is 8.15. The van der Waals surface area contributed by atoms with Crippen LogP contribution in [0.2, 0.25) is 0 Å². The lowest BCUT2D eigenvalue weighted by Crippen LogP contribution is -2.45. The number of amides is 1. The van der Waals surface area contributed by atoms with E-state index in [1.807, 2.05) is 30.3 Å². The Hall–Kier alpha value is -2.82. The van der Waals surface area contributed by atoms with Crippen LogP contribution in [0.15, 0.2) is 48.5 Å². The lowest BCUT2D eigenvalue weighted by atomic mass is 10.0. The molecule has 152 valence electrons. The first-order valence-electron chi connectivity index (χ1n) is 10.7. The predicted molar refractivity (Wildman–Crippen MR) is 119 cm³/mol. The van der Waals surface area contributed by atoms with E-state index in [1.165, 1.54) is 11.1 Å². The van der Waals surface area contributed by atoms with Gasteiger partial charge in [-0.25, -0.2) is 4.98 Å². The van der Waals surface area contributed by atoms with Crippen LogP contribution < -0.4 is 10.2 Å². The summed E-state index contributed by atoms with van der Waals surface area (Å²) in [4.78, 5) is 19.9. The number of nitrogens with one attached hydrogen (secondary N) is 1. The van der Waals surface area contributed by atoms with Crippen LogP contribution in [-0.2, 0) is 6.42 Å². The number of piperidine rings is 1. The zero-order valence-corrected chi connectivity index (χ0v) is 17.6. The second kappa shape index (κ2) is 8.27. The lowest BCUT2D eigenvalue weighted by molar-refractivity contribution is 0.0931. The average molecular weight is 391 g/mol. The summed E-state index contributed by atoms with van der Waals surface area (Å²) < 4.78 is 2.32. The van der Waals surface area contributed by atoms with E-state index in [0.29, 0.717) is 6.04 Å². The summed E-state index contributed by atoms with van der Waals surface area (Å²) in [5, 5.41) is 3.22. The van der Waals surface area contributed by atoms with Gasteiger partial charge in [0.1, 0.15) is 0 Å².